The van der Waals surface area contributed by atoms with E-state index in [0.29, 0.717) is 11.8 Å². The Morgan fingerprint density at radius 2 is 2.14 bits per heavy atom. The predicted octanol–water partition coefficient (Wildman–Crippen LogP) is 4.01. The van der Waals surface area contributed by atoms with Gasteiger partial charge in [0.2, 0.25) is 0 Å². The van der Waals surface area contributed by atoms with Crippen LogP contribution in [0.5, 0.6) is 0 Å². The number of hydrogen-bond acceptors (Lipinski definition) is 1. The lowest BCUT2D eigenvalue weighted by atomic mass is 9.85. The van der Waals surface area contributed by atoms with Gasteiger partial charge in [0.1, 0.15) is 0 Å². The van der Waals surface area contributed by atoms with E-state index in [9.17, 15) is 0 Å². The Labute approximate surface area is 87.6 Å². The van der Waals surface area contributed by atoms with Crippen molar-refractivity contribution in [2.24, 2.45) is 5.92 Å². The summed E-state index contributed by atoms with van der Waals surface area (Å²) < 4.78 is 0. The Morgan fingerprint density at radius 3 is 2.64 bits per heavy atom. The van der Waals surface area contributed by atoms with Crippen LogP contribution in [0.2, 0.25) is 0 Å². The number of pyridine rings is 1. The minimum atomic E-state index is 0.684. The molecule has 1 unspecified atom stereocenters. The fourth-order valence-electron chi connectivity index (χ4n) is 1.90. The van der Waals surface area contributed by atoms with Gasteiger partial charge in [0, 0.05) is 12.4 Å². The summed E-state index contributed by atoms with van der Waals surface area (Å²) in [6.45, 7) is 6.85. The van der Waals surface area contributed by atoms with Crippen LogP contribution in [0.1, 0.15) is 51.5 Å². The summed E-state index contributed by atoms with van der Waals surface area (Å²) in [5.41, 5.74) is 1.40. The maximum Gasteiger partial charge on any atom is 0.0302 e. The van der Waals surface area contributed by atoms with Crippen LogP contribution >= 0.6 is 0 Å². The van der Waals surface area contributed by atoms with E-state index in [1.165, 1.54) is 24.8 Å². The Morgan fingerprint density at radius 1 is 1.36 bits per heavy atom. The van der Waals surface area contributed by atoms with Crippen molar-refractivity contribution in [3.63, 3.8) is 0 Å². The van der Waals surface area contributed by atoms with Crippen LogP contribution < -0.4 is 0 Å². The molecule has 0 aromatic carbocycles. The lowest BCUT2D eigenvalue weighted by Crippen LogP contribution is -2.06. The predicted molar refractivity (Wildman–Crippen MR) is 61.3 cm³/mol. The first kappa shape index (κ1) is 11.2. The molecule has 1 nitrogen and oxygen atoms in total. The third-order valence-electron chi connectivity index (χ3n) is 2.79. The molecule has 1 atom stereocenters. The van der Waals surface area contributed by atoms with Gasteiger partial charge in [0.05, 0.1) is 0 Å². The van der Waals surface area contributed by atoms with E-state index in [-0.39, 0.29) is 0 Å². The standard InChI is InChI=1S/C13H21N/c1-4-5-8-13(11(2)3)12-7-6-9-14-10-12/h6-7,9-11,13H,4-5,8H2,1-3H3. The first-order valence-corrected chi connectivity index (χ1v) is 5.65. The molecule has 0 bridgehead atoms. The van der Waals surface area contributed by atoms with Crippen molar-refractivity contribution in [2.75, 3.05) is 0 Å². The van der Waals surface area contributed by atoms with Crippen molar-refractivity contribution in [3.8, 4) is 0 Å². The van der Waals surface area contributed by atoms with Crippen LogP contribution in [0.4, 0.5) is 0 Å². The summed E-state index contributed by atoms with van der Waals surface area (Å²) in [5.74, 6) is 1.40. The molecule has 78 valence electrons. The van der Waals surface area contributed by atoms with E-state index in [4.69, 9.17) is 0 Å². The number of rotatable bonds is 5. The van der Waals surface area contributed by atoms with E-state index < -0.39 is 0 Å². The number of aromatic nitrogens is 1. The van der Waals surface area contributed by atoms with Crippen LogP contribution in [0.25, 0.3) is 0 Å². The monoisotopic (exact) mass is 191 g/mol. The molecule has 0 aliphatic carbocycles. The van der Waals surface area contributed by atoms with Gasteiger partial charge < -0.3 is 0 Å². The maximum absolute atomic E-state index is 4.20. The van der Waals surface area contributed by atoms with Gasteiger partial charge in [-0.3, -0.25) is 4.98 Å². The first-order valence-electron chi connectivity index (χ1n) is 5.65. The van der Waals surface area contributed by atoms with Crippen LogP contribution in [0.15, 0.2) is 24.5 Å². The Kier molecular flexibility index (Phi) is 4.64. The Hall–Kier alpha value is -0.850. The summed E-state index contributed by atoms with van der Waals surface area (Å²) >= 11 is 0. The molecule has 0 saturated carbocycles. The molecule has 1 heterocycles. The fraction of sp³-hybridized carbons (Fsp3) is 0.615. The molecule has 0 saturated heterocycles. The second-order valence-electron chi connectivity index (χ2n) is 4.28. The zero-order valence-electron chi connectivity index (χ0n) is 9.53. The van der Waals surface area contributed by atoms with Gasteiger partial charge in [0.25, 0.3) is 0 Å². The molecule has 1 aromatic rings. The van der Waals surface area contributed by atoms with E-state index >= 15 is 0 Å². The molecule has 1 aromatic heterocycles. The zero-order chi connectivity index (χ0) is 10.4. The van der Waals surface area contributed by atoms with Gasteiger partial charge in [-0.05, 0) is 29.9 Å². The van der Waals surface area contributed by atoms with E-state index in [0.717, 1.165) is 0 Å². The van der Waals surface area contributed by atoms with Crippen molar-refractivity contribution < 1.29 is 0 Å². The third-order valence-corrected chi connectivity index (χ3v) is 2.79. The van der Waals surface area contributed by atoms with Gasteiger partial charge in [-0.25, -0.2) is 0 Å². The van der Waals surface area contributed by atoms with Crippen molar-refractivity contribution >= 4 is 0 Å². The molecule has 0 N–H and O–H groups in total. The molecule has 0 spiro atoms. The molecule has 1 heteroatoms. The van der Waals surface area contributed by atoms with Crippen molar-refractivity contribution in [1.29, 1.82) is 0 Å². The van der Waals surface area contributed by atoms with Gasteiger partial charge >= 0.3 is 0 Å². The molecular weight excluding hydrogens is 170 g/mol. The zero-order valence-corrected chi connectivity index (χ0v) is 9.53. The highest BCUT2D eigenvalue weighted by Crippen LogP contribution is 2.28. The maximum atomic E-state index is 4.20. The molecule has 0 fully saturated rings. The summed E-state index contributed by atoms with van der Waals surface area (Å²) in [6.07, 6.45) is 7.75. The smallest absolute Gasteiger partial charge is 0.0302 e. The van der Waals surface area contributed by atoms with Gasteiger partial charge in [-0.2, -0.15) is 0 Å². The van der Waals surface area contributed by atoms with Gasteiger partial charge in [-0.1, -0.05) is 39.7 Å². The largest absolute Gasteiger partial charge is 0.264 e. The molecule has 1 rings (SSSR count). The highest BCUT2D eigenvalue weighted by atomic mass is 14.6. The quantitative estimate of drug-likeness (QED) is 0.685. The summed E-state index contributed by atoms with van der Waals surface area (Å²) in [4.78, 5) is 4.20. The average molecular weight is 191 g/mol. The minimum Gasteiger partial charge on any atom is -0.264 e. The first-order chi connectivity index (χ1) is 6.75. The van der Waals surface area contributed by atoms with Crippen LogP contribution in [0, 0.1) is 5.92 Å². The molecular formula is C13H21N. The highest BCUT2D eigenvalue weighted by Gasteiger charge is 2.14. The van der Waals surface area contributed by atoms with Crippen molar-refractivity contribution in [1.82, 2.24) is 4.98 Å². The van der Waals surface area contributed by atoms with Crippen molar-refractivity contribution in [2.45, 2.75) is 46.0 Å². The Bertz CT molecular complexity index is 241. The lowest BCUT2D eigenvalue weighted by molar-refractivity contribution is 0.452. The second-order valence-corrected chi connectivity index (χ2v) is 4.28. The number of nitrogens with zero attached hydrogens (tertiary/aromatic N) is 1. The van der Waals surface area contributed by atoms with Crippen LogP contribution in [0.3, 0.4) is 0 Å². The van der Waals surface area contributed by atoms with Gasteiger partial charge in [0.15, 0.2) is 0 Å². The highest BCUT2D eigenvalue weighted by molar-refractivity contribution is 5.15. The van der Waals surface area contributed by atoms with E-state index in [1.54, 1.807) is 0 Å². The molecule has 0 radical (unpaired) electrons. The SMILES string of the molecule is CCCCC(c1cccnc1)C(C)C. The van der Waals surface area contributed by atoms with E-state index in [1.807, 2.05) is 18.5 Å². The normalized spacial score (nSPS) is 13.1. The summed E-state index contributed by atoms with van der Waals surface area (Å²) in [7, 11) is 0. The molecule has 0 aliphatic heterocycles. The summed E-state index contributed by atoms with van der Waals surface area (Å²) in [5, 5.41) is 0. The van der Waals surface area contributed by atoms with Crippen LogP contribution in [-0.2, 0) is 0 Å². The molecule has 0 aliphatic rings. The number of hydrogen-bond donors (Lipinski definition) is 0. The van der Waals surface area contributed by atoms with E-state index in [2.05, 4.69) is 31.8 Å². The third kappa shape index (κ3) is 3.13. The topological polar surface area (TPSA) is 12.9 Å². The van der Waals surface area contributed by atoms with Crippen molar-refractivity contribution in [3.05, 3.63) is 30.1 Å². The average Bonchev–Trinajstić information content (AvgIpc) is 2.19. The summed E-state index contributed by atoms with van der Waals surface area (Å²) in [6, 6.07) is 4.24. The fourth-order valence-corrected chi connectivity index (χ4v) is 1.90. The number of unbranched alkanes of at least 4 members (excludes halogenated alkanes) is 1. The van der Waals surface area contributed by atoms with Crippen LogP contribution in [-0.4, -0.2) is 4.98 Å². The molecule has 0 amide bonds. The lowest BCUT2D eigenvalue weighted by Gasteiger charge is -2.20. The Balaban J connectivity index is 2.68. The minimum absolute atomic E-state index is 0.684. The van der Waals surface area contributed by atoms with Gasteiger partial charge in [-0.15, -0.1) is 0 Å². The second kappa shape index (κ2) is 5.79. The molecule has 14 heavy (non-hydrogen) atoms.